The molecule has 0 atom stereocenters. The lowest BCUT2D eigenvalue weighted by Gasteiger charge is -2.30. The van der Waals surface area contributed by atoms with E-state index in [4.69, 9.17) is 9.47 Å². The first-order valence-corrected chi connectivity index (χ1v) is 12.6. The van der Waals surface area contributed by atoms with Crippen LogP contribution in [0.4, 0.5) is 10.1 Å². The Morgan fingerprint density at radius 3 is 2.51 bits per heavy atom. The van der Waals surface area contributed by atoms with Crippen LogP contribution in [0.2, 0.25) is 0 Å². The summed E-state index contributed by atoms with van der Waals surface area (Å²) in [5, 5.41) is 2.90. The van der Waals surface area contributed by atoms with Crippen LogP contribution in [0.1, 0.15) is 18.4 Å². The van der Waals surface area contributed by atoms with Crippen molar-refractivity contribution in [3.63, 3.8) is 0 Å². The van der Waals surface area contributed by atoms with Crippen molar-refractivity contribution in [1.29, 1.82) is 0 Å². The molecule has 1 fully saturated rings. The predicted molar refractivity (Wildman–Crippen MR) is 128 cm³/mol. The molecule has 1 aliphatic heterocycles. The summed E-state index contributed by atoms with van der Waals surface area (Å²) in [6.45, 7) is 0.711. The van der Waals surface area contributed by atoms with Gasteiger partial charge in [-0.15, -0.1) is 0 Å². The highest BCUT2D eigenvalue weighted by atomic mass is 32.2. The summed E-state index contributed by atoms with van der Waals surface area (Å²) in [6.07, 6.45) is 4.16. The van der Waals surface area contributed by atoms with Gasteiger partial charge in [0.25, 0.3) is 0 Å². The van der Waals surface area contributed by atoms with Crippen molar-refractivity contribution < 1.29 is 27.1 Å². The number of piperidine rings is 1. The number of rotatable bonds is 8. The second-order valence-electron chi connectivity index (χ2n) is 8.14. The summed E-state index contributed by atoms with van der Waals surface area (Å²) in [7, 11) is -2.19. The number of carbonyl (C=O) groups is 1. The summed E-state index contributed by atoms with van der Waals surface area (Å²) in [4.78, 5) is 17.0. The Morgan fingerprint density at radius 1 is 1.11 bits per heavy atom. The Morgan fingerprint density at radius 2 is 1.86 bits per heavy atom. The second-order valence-corrected chi connectivity index (χ2v) is 10.1. The molecular formula is C25H26FN3O5S. The highest BCUT2D eigenvalue weighted by Gasteiger charge is 2.32. The first-order chi connectivity index (χ1) is 16.9. The molecule has 184 valence electrons. The van der Waals surface area contributed by atoms with E-state index in [9.17, 15) is 17.6 Å². The van der Waals surface area contributed by atoms with E-state index in [1.807, 2.05) is 12.1 Å². The van der Waals surface area contributed by atoms with Crippen molar-refractivity contribution >= 4 is 21.6 Å². The van der Waals surface area contributed by atoms with Gasteiger partial charge in [-0.3, -0.25) is 9.78 Å². The summed E-state index contributed by atoms with van der Waals surface area (Å²) in [6, 6.07) is 13.6. The zero-order valence-corrected chi connectivity index (χ0v) is 20.0. The molecule has 0 bridgehead atoms. The normalized spacial score (nSPS) is 14.9. The fourth-order valence-corrected chi connectivity index (χ4v) is 5.34. The van der Waals surface area contributed by atoms with Crippen LogP contribution in [0.3, 0.4) is 0 Å². The molecule has 0 spiro atoms. The molecular weight excluding hydrogens is 473 g/mol. The van der Waals surface area contributed by atoms with Crippen LogP contribution in [0.15, 0.2) is 71.9 Å². The zero-order chi connectivity index (χ0) is 24.8. The minimum atomic E-state index is -3.73. The first-order valence-electron chi connectivity index (χ1n) is 11.1. The van der Waals surface area contributed by atoms with Crippen molar-refractivity contribution in [1.82, 2.24) is 9.29 Å². The molecule has 1 amide bonds. The maximum absolute atomic E-state index is 13.2. The monoisotopic (exact) mass is 499 g/mol. The van der Waals surface area contributed by atoms with Gasteiger partial charge in [0.15, 0.2) is 11.5 Å². The number of aromatic nitrogens is 1. The molecule has 3 aromatic rings. The molecule has 0 saturated carbocycles. The lowest BCUT2D eigenvalue weighted by molar-refractivity contribution is -0.120. The van der Waals surface area contributed by atoms with E-state index in [0.29, 0.717) is 36.6 Å². The Hall–Kier alpha value is -3.50. The second kappa shape index (κ2) is 10.8. The highest BCUT2D eigenvalue weighted by Crippen LogP contribution is 2.32. The minimum Gasteiger partial charge on any atom is -0.493 e. The van der Waals surface area contributed by atoms with E-state index >= 15 is 0 Å². The molecule has 0 radical (unpaired) electrons. The van der Waals surface area contributed by atoms with Crippen LogP contribution < -0.4 is 14.8 Å². The molecule has 1 aliphatic rings. The van der Waals surface area contributed by atoms with Crippen molar-refractivity contribution in [2.45, 2.75) is 24.3 Å². The lowest BCUT2D eigenvalue weighted by atomic mass is 9.97. The van der Waals surface area contributed by atoms with E-state index in [-0.39, 0.29) is 29.8 Å². The molecule has 35 heavy (non-hydrogen) atoms. The first kappa shape index (κ1) is 24.6. The molecule has 1 aromatic heterocycles. The molecule has 8 nitrogen and oxygen atoms in total. The topological polar surface area (TPSA) is 97.8 Å². The standard InChI is InChI=1S/C25H26FN3O5S/c1-33-23-9-6-21(15-24(23)34-17-18-3-2-12-27-16-18)28-25(30)19-10-13-29(14-11-19)35(31,32)22-7-4-20(26)5-8-22/h2-9,12,15-16,19H,10-11,13-14,17H2,1H3,(H,28,30). The van der Waals surface area contributed by atoms with Crippen LogP contribution >= 0.6 is 0 Å². The number of amides is 1. The van der Waals surface area contributed by atoms with E-state index in [2.05, 4.69) is 10.3 Å². The largest absolute Gasteiger partial charge is 0.493 e. The van der Waals surface area contributed by atoms with Gasteiger partial charge in [-0.1, -0.05) is 6.07 Å². The third kappa shape index (κ3) is 5.95. The number of methoxy groups -OCH3 is 1. The van der Waals surface area contributed by atoms with E-state index in [1.54, 1.807) is 30.6 Å². The van der Waals surface area contributed by atoms with Gasteiger partial charge in [0.1, 0.15) is 12.4 Å². The number of anilines is 1. The predicted octanol–water partition coefficient (Wildman–Crippen LogP) is 3.85. The number of sulfonamides is 1. The number of nitrogens with zero attached hydrogens (tertiary/aromatic N) is 2. The molecule has 1 N–H and O–H groups in total. The van der Waals surface area contributed by atoms with Gasteiger partial charge in [-0.25, -0.2) is 12.8 Å². The van der Waals surface area contributed by atoms with Gasteiger partial charge in [0.2, 0.25) is 15.9 Å². The van der Waals surface area contributed by atoms with Crippen molar-refractivity contribution in [2.24, 2.45) is 5.92 Å². The van der Waals surface area contributed by atoms with E-state index in [0.717, 1.165) is 17.7 Å². The fourth-order valence-electron chi connectivity index (χ4n) is 3.87. The van der Waals surface area contributed by atoms with Gasteiger partial charge >= 0.3 is 0 Å². The third-order valence-electron chi connectivity index (χ3n) is 5.82. The smallest absolute Gasteiger partial charge is 0.243 e. The summed E-state index contributed by atoms with van der Waals surface area (Å²) in [5.41, 5.74) is 1.45. The quantitative estimate of drug-likeness (QED) is 0.506. The fraction of sp³-hybridized carbons (Fsp3) is 0.280. The Labute approximate surface area is 203 Å². The van der Waals surface area contributed by atoms with Crippen molar-refractivity contribution in [3.8, 4) is 11.5 Å². The maximum Gasteiger partial charge on any atom is 0.243 e. The number of ether oxygens (including phenoxy) is 2. The number of benzene rings is 2. The molecule has 1 saturated heterocycles. The molecule has 2 heterocycles. The van der Waals surface area contributed by atoms with Gasteiger partial charge in [0, 0.05) is 48.7 Å². The van der Waals surface area contributed by atoms with Crippen LogP contribution in [0.25, 0.3) is 0 Å². The van der Waals surface area contributed by atoms with E-state index < -0.39 is 15.8 Å². The van der Waals surface area contributed by atoms with Crippen molar-refractivity contribution in [2.75, 3.05) is 25.5 Å². The number of halogens is 1. The number of hydrogen-bond donors (Lipinski definition) is 1. The molecule has 4 rings (SSSR count). The van der Waals surface area contributed by atoms with Gasteiger partial charge in [-0.2, -0.15) is 4.31 Å². The third-order valence-corrected chi connectivity index (χ3v) is 7.74. The zero-order valence-electron chi connectivity index (χ0n) is 19.2. The SMILES string of the molecule is COc1ccc(NC(=O)C2CCN(S(=O)(=O)c3ccc(F)cc3)CC2)cc1OCc1cccnc1. The Kier molecular flexibility index (Phi) is 7.62. The number of nitrogens with one attached hydrogen (secondary N) is 1. The minimum absolute atomic E-state index is 0.0406. The van der Waals surface area contributed by atoms with Gasteiger partial charge < -0.3 is 14.8 Å². The van der Waals surface area contributed by atoms with Crippen molar-refractivity contribution in [3.05, 3.63) is 78.4 Å². The van der Waals surface area contributed by atoms with Gasteiger partial charge in [0.05, 0.1) is 12.0 Å². The lowest BCUT2D eigenvalue weighted by Crippen LogP contribution is -2.41. The summed E-state index contributed by atoms with van der Waals surface area (Å²) < 4.78 is 51.3. The molecule has 0 aliphatic carbocycles. The van der Waals surface area contributed by atoms with Crippen LogP contribution in [0.5, 0.6) is 11.5 Å². The number of pyridine rings is 1. The number of hydrogen-bond acceptors (Lipinski definition) is 6. The Balaban J connectivity index is 1.36. The summed E-state index contributed by atoms with van der Waals surface area (Å²) in [5.74, 6) is -0.00668. The average Bonchev–Trinajstić information content (AvgIpc) is 2.88. The molecule has 0 unspecified atom stereocenters. The van der Waals surface area contributed by atoms with Crippen LogP contribution in [-0.4, -0.2) is 43.8 Å². The molecule has 2 aromatic carbocycles. The summed E-state index contributed by atoms with van der Waals surface area (Å²) >= 11 is 0. The highest BCUT2D eigenvalue weighted by molar-refractivity contribution is 7.89. The average molecular weight is 500 g/mol. The van der Waals surface area contributed by atoms with Crippen LogP contribution in [0, 0.1) is 11.7 Å². The van der Waals surface area contributed by atoms with Gasteiger partial charge in [-0.05, 0) is 55.3 Å². The van der Waals surface area contributed by atoms with E-state index in [1.165, 1.54) is 23.5 Å². The number of carbonyl (C=O) groups excluding carboxylic acids is 1. The Bertz CT molecular complexity index is 1260. The van der Waals surface area contributed by atoms with Crippen LogP contribution in [-0.2, 0) is 21.4 Å². The molecule has 10 heteroatoms. The maximum atomic E-state index is 13.2.